The summed E-state index contributed by atoms with van der Waals surface area (Å²) in [6.07, 6.45) is 3.10. The Bertz CT molecular complexity index is 607. The lowest BCUT2D eigenvalue weighted by Gasteiger charge is -2.32. The largest absolute Gasteiger partial charge is 0.328 e. The van der Waals surface area contributed by atoms with Gasteiger partial charge < -0.3 is 5.73 Å². The highest BCUT2D eigenvalue weighted by Crippen LogP contribution is 2.26. The van der Waals surface area contributed by atoms with Gasteiger partial charge in [-0.1, -0.05) is 0 Å². The molecule has 0 saturated heterocycles. The van der Waals surface area contributed by atoms with E-state index in [9.17, 15) is 18.5 Å². The summed E-state index contributed by atoms with van der Waals surface area (Å²) in [4.78, 5) is 10.1. The zero-order chi connectivity index (χ0) is 15.6. The van der Waals surface area contributed by atoms with Gasteiger partial charge in [-0.05, 0) is 37.8 Å². The van der Waals surface area contributed by atoms with E-state index < -0.39 is 14.9 Å². The van der Waals surface area contributed by atoms with E-state index in [1.807, 2.05) is 0 Å². The molecule has 0 atom stereocenters. The molecule has 2 N–H and O–H groups in total. The highest BCUT2D eigenvalue weighted by molar-refractivity contribution is 7.89. The van der Waals surface area contributed by atoms with Crippen LogP contribution in [0.4, 0.5) is 5.69 Å². The molecular weight excluding hydrogens is 294 g/mol. The number of nitrogens with zero attached hydrogens (tertiary/aromatic N) is 2. The molecule has 0 unspecified atom stereocenters. The van der Waals surface area contributed by atoms with Crippen LogP contribution in [0.1, 0.15) is 25.7 Å². The van der Waals surface area contributed by atoms with Crippen molar-refractivity contribution in [1.29, 1.82) is 0 Å². The van der Waals surface area contributed by atoms with E-state index in [0.29, 0.717) is 0 Å². The van der Waals surface area contributed by atoms with E-state index in [4.69, 9.17) is 5.73 Å². The van der Waals surface area contributed by atoms with Crippen LogP contribution in [0.15, 0.2) is 29.2 Å². The van der Waals surface area contributed by atoms with Crippen molar-refractivity contribution >= 4 is 15.7 Å². The maximum atomic E-state index is 12.5. The molecular formula is C13H19N3O4S. The Labute approximate surface area is 123 Å². The number of nitro benzene ring substituents is 1. The smallest absolute Gasteiger partial charge is 0.269 e. The molecule has 0 aromatic heterocycles. The lowest BCUT2D eigenvalue weighted by molar-refractivity contribution is -0.384. The van der Waals surface area contributed by atoms with Gasteiger partial charge in [0.1, 0.15) is 0 Å². The van der Waals surface area contributed by atoms with Gasteiger partial charge >= 0.3 is 0 Å². The second-order valence-electron chi connectivity index (χ2n) is 5.34. The Hall–Kier alpha value is -1.51. The van der Waals surface area contributed by atoms with Crippen molar-refractivity contribution in [1.82, 2.24) is 4.31 Å². The number of nitro groups is 1. The third kappa shape index (κ3) is 3.39. The normalized spacial score (nSPS) is 23.2. The van der Waals surface area contributed by atoms with Gasteiger partial charge in [-0.2, -0.15) is 4.31 Å². The minimum absolute atomic E-state index is 0.0648. The molecule has 2 rings (SSSR count). The number of rotatable bonds is 4. The first-order valence-corrected chi connectivity index (χ1v) is 8.24. The third-order valence-corrected chi connectivity index (χ3v) is 5.90. The Kier molecular flexibility index (Phi) is 4.60. The fourth-order valence-corrected chi connectivity index (χ4v) is 3.98. The van der Waals surface area contributed by atoms with Crippen molar-refractivity contribution in [2.24, 2.45) is 5.73 Å². The summed E-state index contributed by atoms with van der Waals surface area (Å²) in [5, 5.41) is 10.6. The summed E-state index contributed by atoms with van der Waals surface area (Å²) in [6, 6.07) is 5.05. The first kappa shape index (κ1) is 15.9. The summed E-state index contributed by atoms with van der Waals surface area (Å²) in [6.45, 7) is 0. The van der Waals surface area contributed by atoms with E-state index in [0.717, 1.165) is 25.7 Å². The van der Waals surface area contributed by atoms with Crippen molar-refractivity contribution in [3.8, 4) is 0 Å². The van der Waals surface area contributed by atoms with Crippen LogP contribution in [0.2, 0.25) is 0 Å². The summed E-state index contributed by atoms with van der Waals surface area (Å²) in [5.41, 5.74) is 5.71. The molecule has 1 fully saturated rings. The van der Waals surface area contributed by atoms with E-state index in [1.54, 1.807) is 7.05 Å². The van der Waals surface area contributed by atoms with Gasteiger partial charge in [0, 0.05) is 31.3 Å². The van der Waals surface area contributed by atoms with Gasteiger partial charge in [0.15, 0.2) is 0 Å². The number of hydrogen-bond donors (Lipinski definition) is 1. The fourth-order valence-electron chi connectivity index (χ4n) is 2.57. The van der Waals surface area contributed by atoms with Crippen LogP contribution in [-0.2, 0) is 10.0 Å². The molecule has 1 aromatic carbocycles. The van der Waals surface area contributed by atoms with Crippen LogP contribution in [0, 0.1) is 10.1 Å². The highest BCUT2D eigenvalue weighted by atomic mass is 32.2. The summed E-state index contributed by atoms with van der Waals surface area (Å²) in [5.74, 6) is 0. The molecule has 0 bridgehead atoms. The molecule has 1 saturated carbocycles. The predicted octanol–water partition coefficient (Wildman–Crippen LogP) is 1.49. The lowest BCUT2D eigenvalue weighted by Crippen LogP contribution is -2.41. The maximum absolute atomic E-state index is 12.5. The summed E-state index contributed by atoms with van der Waals surface area (Å²) >= 11 is 0. The van der Waals surface area contributed by atoms with Crippen molar-refractivity contribution < 1.29 is 13.3 Å². The molecule has 1 aliphatic carbocycles. The van der Waals surface area contributed by atoms with Crippen LogP contribution < -0.4 is 5.73 Å². The standard InChI is InChI=1S/C13H19N3O4S/c1-15(11-4-2-10(14)3-5-11)21(19,20)13-8-6-12(7-9-13)16(17)18/h6-11H,2-5,14H2,1H3. The number of benzene rings is 1. The van der Waals surface area contributed by atoms with Gasteiger partial charge in [-0.15, -0.1) is 0 Å². The number of non-ortho nitro benzene ring substituents is 1. The summed E-state index contributed by atoms with van der Waals surface area (Å²) < 4.78 is 26.4. The molecule has 8 heteroatoms. The quantitative estimate of drug-likeness (QED) is 0.669. The van der Waals surface area contributed by atoms with Crippen LogP contribution in [-0.4, -0.2) is 36.8 Å². The molecule has 0 radical (unpaired) electrons. The zero-order valence-corrected chi connectivity index (χ0v) is 12.6. The monoisotopic (exact) mass is 313 g/mol. The molecule has 0 spiro atoms. The average Bonchev–Trinajstić information content (AvgIpc) is 2.47. The van der Waals surface area contributed by atoms with E-state index in [-0.39, 0.29) is 22.7 Å². The zero-order valence-electron chi connectivity index (χ0n) is 11.8. The van der Waals surface area contributed by atoms with Crippen molar-refractivity contribution in [2.45, 2.75) is 42.7 Å². The van der Waals surface area contributed by atoms with Gasteiger partial charge in [0.2, 0.25) is 10.0 Å². The molecule has 1 aromatic rings. The predicted molar refractivity (Wildman–Crippen MR) is 78.3 cm³/mol. The first-order valence-electron chi connectivity index (χ1n) is 6.80. The van der Waals surface area contributed by atoms with Gasteiger partial charge in [-0.25, -0.2) is 8.42 Å². The Morgan fingerprint density at radius 2 is 1.71 bits per heavy atom. The first-order chi connectivity index (χ1) is 9.82. The van der Waals surface area contributed by atoms with Gasteiger partial charge in [-0.3, -0.25) is 10.1 Å². The Morgan fingerprint density at radius 3 is 2.19 bits per heavy atom. The molecule has 0 aliphatic heterocycles. The topological polar surface area (TPSA) is 107 Å². The molecule has 0 amide bonds. The highest BCUT2D eigenvalue weighted by Gasteiger charge is 2.30. The number of hydrogen-bond acceptors (Lipinski definition) is 5. The number of nitrogens with two attached hydrogens (primary N) is 1. The van der Waals surface area contributed by atoms with Crippen molar-refractivity contribution in [3.63, 3.8) is 0 Å². The summed E-state index contributed by atoms with van der Waals surface area (Å²) in [7, 11) is -2.07. The van der Waals surface area contributed by atoms with Crippen molar-refractivity contribution in [2.75, 3.05) is 7.05 Å². The minimum Gasteiger partial charge on any atom is -0.328 e. The second-order valence-corrected chi connectivity index (χ2v) is 7.34. The second kappa shape index (κ2) is 6.08. The average molecular weight is 313 g/mol. The van der Waals surface area contributed by atoms with E-state index in [2.05, 4.69) is 0 Å². The molecule has 7 nitrogen and oxygen atoms in total. The van der Waals surface area contributed by atoms with Crippen LogP contribution in [0.3, 0.4) is 0 Å². The van der Waals surface area contributed by atoms with Gasteiger partial charge in [0.05, 0.1) is 9.82 Å². The number of sulfonamides is 1. The fraction of sp³-hybridized carbons (Fsp3) is 0.538. The minimum atomic E-state index is -3.63. The van der Waals surface area contributed by atoms with E-state index >= 15 is 0 Å². The van der Waals surface area contributed by atoms with Crippen LogP contribution in [0.5, 0.6) is 0 Å². The maximum Gasteiger partial charge on any atom is 0.269 e. The third-order valence-electron chi connectivity index (χ3n) is 3.98. The van der Waals surface area contributed by atoms with Gasteiger partial charge in [0.25, 0.3) is 5.69 Å². The van der Waals surface area contributed by atoms with Crippen LogP contribution in [0.25, 0.3) is 0 Å². The van der Waals surface area contributed by atoms with Crippen molar-refractivity contribution in [3.05, 3.63) is 34.4 Å². The Morgan fingerprint density at radius 1 is 1.19 bits per heavy atom. The Balaban J connectivity index is 2.18. The molecule has 21 heavy (non-hydrogen) atoms. The van der Waals surface area contributed by atoms with Crippen LogP contribution >= 0.6 is 0 Å². The molecule has 1 aliphatic rings. The lowest BCUT2D eigenvalue weighted by atomic mass is 9.92. The molecule has 116 valence electrons. The van der Waals surface area contributed by atoms with E-state index in [1.165, 1.54) is 28.6 Å². The SMILES string of the molecule is CN(C1CCC(N)CC1)S(=O)(=O)c1ccc([N+](=O)[O-])cc1. The molecule has 0 heterocycles.